The smallest absolute Gasteiger partial charge is 0.244 e. The van der Waals surface area contributed by atoms with Gasteiger partial charge in [-0.1, -0.05) is 96.1 Å². The molecule has 2 amide bonds. The highest BCUT2D eigenvalue weighted by Crippen LogP contribution is 2.28. The molecule has 3 aromatic carbocycles. The zero-order valence-electron chi connectivity index (χ0n) is 22.6. The lowest BCUT2D eigenvalue weighted by Gasteiger charge is -2.33. The minimum absolute atomic E-state index is 0.0255. The molecule has 1 N–H and O–H groups in total. The Morgan fingerprint density at radius 3 is 2.12 bits per heavy atom. The first kappa shape index (κ1) is 33.0. The van der Waals surface area contributed by atoms with Crippen LogP contribution in [0.2, 0.25) is 20.1 Å². The molecule has 1 atom stereocenters. The van der Waals surface area contributed by atoms with Crippen molar-refractivity contribution < 1.29 is 18.0 Å². The first-order valence-electron chi connectivity index (χ1n) is 12.9. The normalized spacial score (nSPS) is 12.0. The number of benzene rings is 3. The standard InChI is InChI=1S/C29H31Cl4N3O4S/c1-3-4-12-34-29(38)27(14-20-8-6-5-7-9-20)35(18-21-10-11-25(32)26(33)13-21)28(37)19-36(41(2,39)40)24-16-22(30)15-23(31)17-24/h5-11,13,15-17,27H,3-4,12,14,18-19H2,1-2H3,(H,34,38)/t27-/m0/s1. The molecule has 0 aliphatic heterocycles. The molecule has 41 heavy (non-hydrogen) atoms. The van der Waals surface area contributed by atoms with Gasteiger partial charge in [0, 0.05) is 29.6 Å². The molecule has 12 heteroatoms. The molecule has 0 spiro atoms. The van der Waals surface area contributed by atoms with Crippen molar-refractivity contribution in [3.63, 3.8) is 0 Å². The molecule has 7 nitrogen and oxygen atoms in total. The number of sulfonamides is 1. The number of hydrogen-bond donors (Lipinski definition) is 1. The van der Waals surface area contributed by atoms with E-state index >= 15 is 0 Å². The molecule has 3 rings (SSSR count). The number of nitrogens with one attached hydrogen (secondary N) is 1. The van der Waals surface area contributed by atoms with Gasteiger partial charge in [-0.05, 0) is 47.9 Å². The SMILES string of the molecule is CCCCNC(=O)[C@H](Cc1ccccc1)N(Cc1ccc(Cl)c(Cl)c1)C(=O)CN(c1cc(Cl)cc(Cl)c1)S(C)(=O)=O. The van der Waals surface area contributed by atoms with Crippen LogP contribution >= 0.6 is 46.4 Å². The Hall–Kier alpha value is -2.49. The summed E-state index contributed by atoms with van der Waals surface area (Å²) in [5.74, 6) is -0.961. The van der Waals surface area contributed by atoms with Gasteiger partial charge in [-0.15, -0.1) is 0 Å². The van der Waals surface area contributed by atoms with Crippen LogP contribution in [0.4, 0.5) is 5.69 Å². The lowest BCUT2D eigenvalue weighted by Crippen LogP contribution is -2.53. The van der Waals surface area contributed by atoms with E-state index in [4.69, 9.17) is 46.4 Å². The second-order valence-electron chi connectivity index (χ2n) is 9.52. The Labute approximate surface area is 261 Å². The number of carbonyl (C=O) groups is 2. The molecule has 220 valence electrons. The number of anilines is 1. The van der Waals surface area contributed by atoms with Crippen molar-refractivity contribution in [1.82, 2.24) is 10.2 Å². The number of amides is 2. The van der Waals surface area contributed by atoms with Crippen LogP contribution in [-0.2, 0) is 32.6 Å². The summed E-state index contributed by atoms with van der Waals surface area (Å²) in [7, 11) is -3.96. The Kier molecular flexibility index (Phi) is 12.2. The van der Waals surface area contributed by atoms with Crippen LogP contribution < -0.4 is 9.62 Å². The second-order valence-corrected chi connectivity index (χ2v) is 13.1. The van der Waals surface area contributed by atoms with Crippen LogP contribution in [0.15, 0.2) is 66.7 Å². The highest BCUT2D eigenvalue weighted by molar-refractivity contribution is 7.92. The molecule has 0 aliphatic rings. The molecule has 3 aromatic rings. The number of carbonyl (C=O) groups excluding carboxylic acids is 2. The Balaban J connectivity index is 2.07. The van der Waals surface area contributed by atoms with Crippen LogP contribution in [0.5, 0.6) is 0 Å². The van der Waals surface area contributed by atoms with Crippen LogP contribution in [0.25, 0.3) is 0 Å². The number of nitrogens with zero attached hydrogens (tertiary/aromatic N) is 2. The van der Waals surface area contributed by atoms with Gasteiger partial charge in [0.25, 0.3) is 0 Å². The molecular weight excluding hydrogens is 628 g/mol. The van der Waals surface area contributed by atoms with Gasteiger partial charge >= 0.3 is 0 Å². The lowest BCUT2D eigenvalue weighted by atomic mass is 10.0. The highest BCUT2D eigenvalue weighted by atomic mass is 35.5. The fourth-order valence-corrected chi connectivity index (χ4v) is 5.86. The Morgan fingerprint density at radius 2 is 1.54 bits per heavy atom. The van der Waals surface area contributed by atoms with Gasteiger partial charge in [0.05, 0.1) is 22.0 Å². The van der Waals surface area contributed by atoms with Gasteiger partial charge in [-0.3, -0.25) is 13.9 Å². The van der Waals surface area contributed by atoms with Gasteiger partial charge < -0.3 is 10.2 Å². The molecule has 0 radical (unpaired) electrons. The number of halogens is 4. The van der Waals surface area contributed by atoms with Crippen molar-refractivity contribution in [1.29, 1.82) is 0 Å². The van der Waals surface area contributed by atoms with Crippen molar-refractivity contribution in [2.75, 3.05) is 23.7 Å². The molecule has 0 aliphatic carbocycles. The largest absolute Gasteiger partial charge is 0.354 e. The van der Waals surface area contributed by atoms with E-state index in [0.29, 0.717) is 17.1 Å². The first-order chi connectivity index (χ1) is 19.4. The average Bonchev–Trinajstić information content (AvgIpc) is 2.90. The molecule has 0 bridgehead atoms. The minimum Gasteiger partial charge on any atom is -0.354 e. The van der Waals surface area contributed by atoms with E-state index in [-0.39, 0.29) is 39.6 Å². The van der Waals surface area contributed by atoms with Crippen molar-refractivity contribution in [3.05, 3.63) is 97.9 Å². The van der Waals surface area contributed by atoms with E-state index in [1.54, 1.807) is 18.2 Å². The summed E-state index contributed by atoms with van der Waals surface area (Å²) >= 11 is 24.7. The first-order valence-corrected chi connectivity index (χ1v) is 16.2. The Bertz CT molecular complexity index is 1450. The lowest BCUT2D eigenvalue weighted by molar-refractivity contribution is -0.140. The van der Waals surface area contributed by atoms with Crippen molar-refractivity contribution in [2.45, 2.75) is 38.8 Å². The van der Waals surface area contributed by atoms with Crippen LogP contribution in [0.3, 0.4) is 0 Å². The summed E-state index contributed by atoms with van der Waals surface area (Å²) in [4.78, 5) is 29.1. The van der Waals surface area contributed by atoms with Crippen molar-refractivity contribution in [2.24, 2.45) is 0 Å². The van der Waals surface area contributed by atoms with Crippen molar-refractivity contribution >= 4 is 73.9 Å². The molecule has 0 saturated carbocycles. The maximum Gasteiger partial charge on any atom is 0.244 e. The number of hydrogen-bond acceptors (Lipinski definition) is 4. The molecule has 0 fully saturated rings. The third-order valence-corrected chi connectivity index (χ3v) is 8.57. The van der Waals surface area contributed by atoms with Gasteiger partial charge in [0.1, 0.15) is 12.6 Å². The van der Waals surface area contributed by atoms with E-state index in [1.807, 2.05) is 37.3 Å². The second kappa shape index (κ2) is 15.1. The van der Waals surface area contributed by atoms with Crippen LogP contribution in [-0.4, -0.2) is 50.5 Å². The number of unbranched alkanes of at least 4 members (excludes halogenated alkanes) is 1. The summed E-state index contributed by atoms with van der Waals surface area (Å²) in [6.07, 6.45) is 2.83. The monoisotopic (exact) mass is 657 g/mol. The van der Waals surface area contributed by atoms with Crippen LogP contribution in [0, 0.1) is 0 Å². The van der Waals surface area contributed by atoms with Gasteiger partial charge in [-0.25, -0.2) is 8.42 Å². The fraction of sp³-hybridized carbons (Fsp3) is 0.310. The van der Waals surface area contributed by atoms with Gasteiger partial charge in [0.15, 0.2) is 0 Å². The zero-order valence-corrected chi connectivity index (χ0v) is 26.5. The summed E-state index contributed by atoms with van der Waals surface area (Å²) in [5.41, 5.74) is 1.57. The zero-order chi connectivity index (χ0) is 30.2. The summed E-state index contributed by atoms with van der Waals surface area (Å²) < 4.78 is 26.7. The molecule has 0 saturated heterocycles. The van der Waals surface area contributed by atoms with E-state index in [1.165, 1.54) is 23.1 Å². The predicted molar refractivity (Wildman–Crippen MR) is 168 cm³/mol. The molecular formula is C29H31Cl4N3O4S. The van der Waals surface area contributed by atoms with E-state index in [0.717, 1.165) is 29.0 Å². The third kappa shape index (κ3) is 9.79. The maximum absolute atomic E-state index is 14.1. The van der Waals surface area contributed by atoms with Gasteiger partial charge in [0.2, 0.25) is 21.8 Å². The summed E-state index contributed by atoms with van der Waals surface area (Å²) in [6.45, 7) is 1.83. The maximum atomic E-state index is 14.1. The quantitative estimate of drug-likeness (QED) is 0.209. The topological polar surface area (TPSA) is 86.8 Å². The van der Waals surface area contributed by atoms with Crippen LogP contribution in [0.1, 0.15) is 30.9 Å². The molecule has 0 unspecified atom stereocenters. The summed E-state index contributed by atoms with van der Waals surface area (Å²) in [5, 5.41) is 3.97. The highest BCUT2D eigenvalue weighted by Gasteiger charge is 2.33. The third-order valence-electron chi connectivity index (χ3n) is 6.25. The van der Waals surface area contributed by atoms with E-state index < -0.39 is 28.5 Å². The number of rotatable bonds is 13. The summed E-state index contributed by atoms with van der Waals surface area (Å²) in [6, 6.07) is 17.5. The molecule has 0 aromatic heterocycles. The van der Waals surface area contributed by atoms with Gasteiger partial charge in [-0.2, -0.15) is 0 Å². The van der Waals surface area contributed by atoms with Crippen molar-refractivity contribution in [3.8, 4) is 0 Å². The Morgan fingerprint density at radius 1 is 0.878 bits per heavy atom. The van der Waals surface area contributed by atoms with E-state index in [9.17, 15) is 18.0 Å². The fourth-order valence-electron chi connectivity index (χ4n) is 4.19. The van der Waals surface area contributed by atoms with E-state index in [2.05, 4.69) is 5.32 Å². The predicted octanol–water partition coefficient (Wildman–Crippen LogP) is 6.62. The average molecular weight is 659 g/mol. The minimum atomic E-state index is -3.96. The molecule has 0 heterocycles.